The molecular weight excluding hydrogens is 327 g/mol. The molecule has 1 aromatic rings. The van der Waals surface area contributed by atoms with Crippen molar-refractivity contribution in [2.24, 2.45) is 10.7 Å². The van der Waals surface area contributed by atoms with Gasteiger partial charge in [0.2, 0.25) is 5.76 Å². The lowest BCUT2D eigenvalue weighted by Gasteiger charge is -2.10. The van der Waals surface area contributed by atoms with Crippen LogP contribution >= 0.6 is 0 Å². The molecule has 25 heavy (non-hydrogen) atoms. The number of carbonyl (C=O) groups is 1. The smallest absolute Gasteiger partial charge is 0.377 e. The summed E-state index contributed by atoms with van der Waals surface area (Å²) >= 11 is 0. The average molecular weight is 348 g/mol. The third-order valence-electron chi connectivity index (χ3n) is 3.69. The summed E-state index contributed by atoms with van der Waals surface area (Å²) in [6.45, 7) is 1.82. The maximum Gasteiger partial charge on any atom is 0.377 e. The zero-order valence-electron chi connectivity index (χ0n) is 14.4. The van der Waals surface area contributed by atoms with E-state index >= 15 is 0 Å². The van der Waals surface area contributed by atoms with Crippen LogP contribution in [-0.4, -0.2) is 32.1 Å². The van der Waals surface area contributed by atoms with Crippen molar-refractivity contribution in [1.29, 1.82) is 0 Å². The topological polar surface area (TPSA) is 83.1 Å². The zero-order chi connectivity index (χ0) is 18.4. The van der Waals surface area contributed by atoms with Crippen LogP contribution in [0.5, 0.6) is 5.75 Å². The van der Waals surface area contributed by atoms with Gasteiger partial charge in [-0.15, -0.1) is 0 Å². The normalized spacial score (nSPS) is 16.6. The van der Waals surface area contributed by atoms with Gasteiger partial charge >= 0.3 is 5.97 Å². The van der Waals surface area contributed by atoms with Gasteiger partial charge in [0.05, 0.1) is 19.9 Å². The standard InChI is InChI=1S/C18H21FN2O4/c1-12-4-5-13(21-9-6-16(20)18(19)7-8-18)10-14(12)25-15(11-23-2)17(22)24-3/h4-6,9-11H,7-8,20H2,1-3H3/b15-11-,16-6-,21-9?. The second-order valence-electron chi connectivity index (χ2n) is 5.63. The van der Waals surface area contributed by atoms with Gasteiger partial charge in [-0.2, -0.15) is 0 Å². The van der Waals surface area contributed by atoms with Crippen LogP contribution in [-0.2, 0) is 14.3 Å². The Bertz CT molecular complexity index is 737. The lowest BCUT2D eigenvalue weighted by atomic mass is 10.2. The molecule has 1 aliphatic carbocycles. The molecule has 1 aliphatic rings. The first-order chi connectivity index (χ1) is 11.9. The molecule has 0 aliphatic heterocycles. The highest BCUT2D eigenvalue weighted by molar-refractivity contribution is 5.86. The van der Waals surface area contributed by atoms with Crippen molar-refractivity contribution in [3.05, 3.63) is 47.6 Å². The van der Waals surface area contributed by atoms with Crippen LogP contribution in [0.4, 0.5) is 10.1 Å². The van der Waals surface area contributed by atoms with E-state index in [1.807, 2.05) is 6.92 Å². The van der Waals surface area contributed by atoms with Gasteiger partial charge in [-0.25, -0.2) is 9.18 Å². The number of benzene rings is 1. The maximum atomic E-state index is 13.7. The summed E-state index contributed by atoms with van der Waals surface area (Å²) in [4.78, 5) is 15.9. The number of alkyl halides is 1. The minimum Gasteiger partial charge on any atom is -0.500 e. The molecule has 0 heterocycles. The molecule has 0 atom stereocenters. The van der Waals surface area contributed by atoms with Crippen LogP contribution in [0.2, 0.25) is 0 Å². The molecule has 0 bridgehead atoms. The van der Waals surface area contributed by atoms with E-state index in [0.29, 0.717) is 24.3 Å². The van der Waals surface area contributed by atoms with Gasteiger partial charge in [-0.1, -0.05) is 6.07 Å². The average Bonchev–Trinajstić information content (AvgIpc) is 3.35. The fourth-order valence-corrected chi connectivity index (χ4v) is 1.97. The summed E-state index contributed by atoms with van der Waals surface area (Å²) < 4.78 is 28.7. The fraction of sp³-hybridized carbons (Fsp3) is 0.333. The molecular formula is C18H21FN2O4. The first kappa shape index (κ1) is 18.5. The Balaban J connectivity index is 2.16. The number of rotatable bonds is 7. The van der Waals surface area contributed by atoms with E-state index in [0.717, 1.165) is 11.8 Å². The van der Waals surface area contributed by atoms with Crippen LogP contribution in [0, 0.1) is 6.92 Å². The third-order valence-corrected chi connectivity index (χ3v) is 3.69. The summed E-state index contributed by atoms with van der Waals surface area (Å²) in [5, 5.41) is 0. The molecule has 0 spiro atoms. The quantitative estimate of drug-likeness (QED) is 0.354. The first-order valence-corrected chi connectivity index (χ1v) is 7.68. The van der Waals surface area contributed by atoms with Gasteiger partial charge in [0, 0.05) is 18.0 Å². The minimum absolute atomic E-state index is 0.0912. The molecule has 2 rings (SSSR count). The number of ether oxygens (including phenoxy) is 3. The Morgan fingerprint density at radius 2 is 2.08 bits per heavy atom. The Morgan fingerprint density at radius 3 is 2.68 bits per heavy atom. The van der Waals surface area contributed by atoms with Crippen molar-refractivity contribution in [3.63, 3.8) is 0 Å². The molecule has 0 radical (unpaired) electrons. The molecule has 0 amide bonds. The van der Waals surface area contributed by atoms with Gasteiger partial charge in [0.25, 0.3) is 0 Å². The highest BCUT2D eigenvalue weighted by Crippen LogP contribution is 2.43. The molecule has 1 fully saturated rings. The summed E-state index contributed by atoms with van der Waals surface area (Å²) in [5.41, 5.74) is 5.84. The summed E-state index contributed by atoms with van der Waals surface area (Å²) in [6, 6.07) is 5.20. The zero-order valence-corrected chi connectivity index (χ0v) is 14.4. The lowest BCUT2D eigenvalue weighted by molar-refractivity contribution is -0.138. The van der Waals surface area contributed by atoms with Gasteiger partial charge < -0.3 is 19.9 Å². The van der Waals surface area contributed by atoms with Crippen molar-refractivity contribution in [3.8, 4) is 5.75 Å². The van der Waals surface area contributed by atoms with E-state index in [2.05, 4.69) is 9.73 Å². The van der Waals surface area contributed by atoms with Crippen LogP contribution in [0.25, 0.3) is 0 Å². The number of nitrogens with zero attached hydrogens (tertiary/aromatic N) is 1. The van der Waals surface area contributed by atoms with Gasteiger partial charge in [0.15, 0.2) is 0 Å². The highest BCUT2D eigenvalue weighted by Gasteiger charge is 2.45. The van der Waals surface area contributed by atoms with Crippen molar-refractivity contribution in [2.75, 3.05) is 14.2 Å². The van der Waals surface area contributed by atoms with Gasteiger partial charge in [-0.3, -0.25) is 4.99 Å². The summed E-state index contributed by atoms with van der Waals surface area (Å²) in [7, 11) is 2.64. The molecule has 6 nitrogen and oxygen atoms in total. The molecule has 7 heteroatoms. The Hall–Kier alpha value is -2.83. The Kier molecular flexibility index (Phi) is 5.80. The molecule has 2 N–H and O–H groups in total. The number of halogens is 1. The van der Waals surface area contributed by atoms with Crippen molar-refractivity contribution in [1.82, 2.24) is 0 Å². The predicted octanol–water partition coefficient (Wildman–Crippen LogP) is 3.08. The number of carbonyl (C=O) groups excluding carboxylic acids is 1. The monoisotopic (exact) mass is 348 g/mol. The van der Waals surface area contributed by atoms with Crippen LogP contribution in [0.3, 0.4) is 0 Å². The number of methoxy groups -OCH3 is 2. The number of hydrogen-bond acceptors (Lipinski definition) is 6. The second kappa shape index (κ2) is 7.83. The Morgan fingerprint density at radius 1 is 1.36 bits per heavy atom. The minimum atomic E-state index is -1.37. The molecule has 1 saturated carbocycles. The number of aryl methyl sites for hydroxylation is 1. The van der Waals surface area contributed by atoms with Gasteiger partial charge in [-0.05, 0) is 37.5 Å². The molecule has 1 aromatic carbocycles. The maximum absolute atomic E-state index is 13.7. The predicted molar refractivity (Wildman–Crippen MR) is 92.4 cm³/mol. The Labute approximate surface area is 145 Å². The molecule has 0 unspecified atom stereocenters. The first-order valence-electron chi connectivity index (χ1n) is 7.68. The van der Waals surface area contributed by atoms with Gasteiger partial charge in [0.1, 0.15) is 17.7 Å². The second-order valence-corrected chi connectivity index (χ2v) is 5.63. The van der Waals surface area contributed by atoms with E-state index in [4.69, 9.17) is 15.2 Å². The fourth-order valence-electron chi connectivity index (χ4n) is 1.97. The lowest BCUT2D eigenvalue weighted by Crippen LogP contribution is -2.13. The van der Waals surface area contributed by atoms with Crippen LogP contribution < -0.4 is 10.5 Å². The highest BCUT2D eigenvalue weighted by atomic mass is 19.1. The van der Waals surface area contributed by atoms with E-state index in [1.165, 1.54) is 26.5 Å². The van der Waals surface area contributed by atoms with Crippen molar-refractivity contribution in [2.45, 2.75) is 25.4 Å². The van der Waals surface area contributed by atoms with E-state index in [9.17, 15) is 9.18 Å². The number of nitrogens with two attached hydrogens (primary N) is 1. The van der Waals surface area contributed by atoms with Crippen molar-refractivity contribution < 1.29 is 23.4 Å². The number of esters is 1. The van der Waals surface area contributed by atoms with Crippen molar-refractivity contribution >= 4 is 17.9 Å². The number of allylic oxidation sites excluding steroid dienone is 2. The van der Waals surface area contributed by atoms with E-state index in [-0.39, 0.29) is 11.5 Å². The molecule has 0 aromatic heterocycles. The molecule has 0 saturated heterocycles. The van der Waals surface area contributed by atoms with E-state index < -0.39 is 11.6 Å². The number of hydrogen-bond donors (Lipinski definition) is 1. The SMILES string of the molecule is CO/C=C(\Oc1cc(N=C/C=C(\N)C2(F)CC2)ccc1C)C(=O)OC. The van der Waals surface area contributed by atoms with E-state index in [1.54, 1.807) is 18.2 Å². The van der Waals surface area contributed by atoms with Crippen LogP contribution in [0.1, 0.15) is 18.4 Å². The largest absolute Gasteiger partial charge is 0.500 e. The number of aliphatic imine (C=N–C) groups is 1. The summed E-state index contributed by atoms with van der Waals surface area (Å²) in [6.07, 6.45) is 4.95. The molecule has 134 valence electrons. The third kappa shape index (κ3) is 4.82. The van der Waals surface area contributed by atoms with Crippen LogP contribution in [0.15, 0.2) is 47.0 Å². The summed E-state index contributed by atoms with van der Waals surface area (Å²) in [5.74, 6) is -0.334.